The van der Waals surface area contributed by atoms with Gasteiger partial charge in [-0.25, -0.2) is 0 Å². The van der Waals surface area contributed by atoms with Crippen molar-refractivity contribution in [3.63, 3.8) is 0 Å². The zero-order valence-corrected chi connectivity index (χ0v) is 15.7. The summed E-state index contributed by atoms with van der Waals surface area (Å²) in [6, 6.07) is 25.4. The second-order valence-corrected chi connectivity index (χ2v) is 7.53. The molecule has 0 aliphatic carbocycles. The van der Waals surface area contributed by atoms with Crippen LogP contribution >= 0.6 is 0 Å². The fourth-order valence-corrected chi connectivity index (χ4v) is 4.30. The third-order valence-corrected chi connectivity index (χ3v) is 5.73. The third kappa shape index (κ3) is 2.09. The summed E-state index contributed by atoms with van der Waals surface area (Å²) >= 11 is 0. The van der Waals surface area contributed by atoms with Crippen molar-refractivity contribution in [3.05, 3.63) is 83.9 Å². The Labute approximate surface area is 162 Å². The maximum absolute atomic E-state index is 6.20. The maximum Gasteiger partial charge on any atom is 0.138 e. The lowest BCUT2D eigenvalue weighted by Gasteiger charge is -2.06. The van der Waals surface area contributed by atoms with Crippen molar-refractivity contribution in [2.45, 2.75) is 13.8 Å². The molecule has 0 saturated carbocycles. The van der Waals surface area contributed by atoms with Crippen molar-refractivity contribution in [3.8, 4) is 11.1 Å². The zero-order valence-electron chi connectivity index (χ0n) is 15.7. The van der Waals surface area contributed by atoms with E-state index in [0.717, 1.165) is 49.6 Å². The number of aryl methyl sites for hydroxylation is 2. The Balaban J connectivity index is 1.60. The molecule has 6 aromatic rings. The highest BCUT2D eigenvalue weighted by molar-refractivity contribution is 6.08. The van der Waals surface area contributed by atoms with Gasteiger partial charge in [-0.05, 0) is 66.4 Å². The van der Waals surface area contributed by atoms with Gasteiger partial charge in [-0.1, -0.05) is 42.5 Å². The van der Waals surface area contributed by atoms with E-state index >= 15 is 0 Å². The Hall–Kier alpha value is -3.52. The van der Waals surface area contributed by atoms with Gasteiger partial charge in [0.15, 0.2) is 0 Å². The van der Waals surface area contributed by atoms with Gasteiger partial charge in [-0.2, -0.15) is 0 Å². The van der Waals surface area contributed by atoms with Gasteiger partial charge in [0, 0.05) is 21.5 Å². The molecule has 6 rings (SSSR count). The SMILES string of the molecule is Cc1cc2c(cc1-c1ccc3c(c1)oc1c(C)cccc13)oc1ccccc12. The highest BCUT2D eigenvalue weighted by Crippen LogP contribution is 2.37. The zero-order chi connectivity index (χ0) is 18.8. The quantitative estimate of drug-likeness (QED) is 0.299. The van der Waals surface area contributed by atoms with Gasteiger partial charge in [0.1, 0.15) is 22.3 Å². The number of furan rings is 2. The fourth-order valence-electron chi connectivity index (χ4n) is 4.30. The van der Waals surface area contributed by atoms with E-state index in [0.29, 0.717) is 0 Å². The summed E-state index contributed by atoms with van der Waals surface area (Å²) in [6.07, 6.45) is 0. The molecular weight excluding hydrogens is 344 g/mol. The Bertz CT molecular complexity index is 1530. The van der Waals surface area contributed by atoms with Crippen molar-refractivity contribution < 1.29 is 8.83 Å². The molecule has 0 saturated heterocycles. The van der Waals surface area contributed by atoms with Gasteiger partial charge < -0.3 is 8.83 Å². The van der Waals surface area contributed by atoms with Gasteiger partial charge in [0.2, 0.25) is 0 Å². The van der Waals surface area contributed by atoms with Crippen molar-refractivity contribution in [1.29, 1.82) is 0 Å². The second-order valence-electron chi connectivity index (χ2n) is 7.53. The lowest BCUT2D eigenvalue weighted by molar-refractivity contribution is 0.665. The average molecular weight is 362 g/mol. The van der Waals surface area contributed by atoms with Crippen LogP contribution in [0.3, 0.4) is 0 Å². The van der Waals surface area contributed by atoms with Gasteiger partial charge >= 0.3 is 0 Å². The molecule has 0 aliphatic heterocycles. The van der Waals surface area contributed by atoms with Crippen molar-refractivity contribution in [1.82, 2.24) is 0 Å². The monoisotopic (exact) mass is 362 g/mol. The highest BCUT2D eigenvalue weighted by Gasteiger charge is 2.13. The summed E-state index contributed by atoms with van der Waals surface area (Å²) in [7, 11) is 0. The average Bonchev–Trinajstić information content (AvgIpc) is 3.26. The van der Waals surface area contributed by atoms with Crippen LogP contribution in [-0.4, -0.2) is 0 Å². The summed E-state index contributed by atoms with van der Waals surface area (Å²) in [5.74, 6) is 0. The van der Waals surface area contributed by atoms with E-state index in [1.54, 1.807) is 0 Å². The van der Waals surface area contributed by atoms with Crippen LogP contribution in [0.4, 0.5) is 0 Å². The summed E-state index contributed by atoms with van der Waals surface area (Å²) in [5, 5.41) is 4.66. The number of para-hydroxylation sites is 2. The minimum absolute atomic E-state index is 0.919. The molecule has 0 aliphatic rings. The van der Waals surface area contributed by atoms with Crippen LogP contribution in [0.2, 0.25) is 0 Å². The molecule has 2 nitrogen and oxygen atoms in total. The van der Waals surface area contributed by atoms with Crippen LogP contribution in [0.1, 0.15) is 11.1 Å². The minimum atomic E-state index is 0.919. The molecule has 134 valence electrons. The second kappa shape index (κ2) is 5.49. The first-order valence-corrected chi connectivity index (χ1v) is 9.53. The number of fused-ring (bicyclic) bond motifs is 6. The smallest absolute Gasteiger partial charge is 0.138 e. The van der Waals surface area contributed by atoms with E-state index in [1.165, 1.54) is 16.5 Å². The molecule has 0 spiro atoms. The molecule has 2 heterocycles. The molecular formula is C26H18O2. The summed E-state index contributed by atoms with van der Waals surface area (Å²) in [6.45, 7) is 4.24. The Morgan fingerprint density at radius 2 is 1.32 bits per heavy atom. The molecule has 4 aromatic carbocycles. The largest absolute Gasteiger partial charge is 0.456 e. The first kappa shape index (κ1) is 15.5. The van der Waals surface area contributed by atoms with Crippen molar-refractivity contribution >= 4 is 43.9 Å². The van der Waals surface area contributed by atoms with E-state index in [1.807, 2.05) is 12.1 Å². The third-order valence-electron chi connectivity index (χ3n) is 5.73. The van der Waals surface area contributed by atoms with Crippen LogP contribution in [0.15, 0.2) is 81.6 Å². The molecule has 0 unspecified atom stereocenters. The fraction of sp³-hybridized carbons (Fsp3) is 0.0769. The number of benzene rings is 4. The molecule has 0 N–H and O–H groups in total. The Morgan fingerprint density at radius 1 is 0.536 bits per heavy atom. The van der Waals surface area contributed by atoms with E-state index in [9.17, 15) is 0 Å². The lowest BCUT2D eigenvalue weighted by atomic mass is 9.97. The Morgan fingerprint density at radius 3 is 2.25 bits per heavy atom. The topological polar surface area (TPSA) is 26.3 Å². The highest BCUT2D eigenvalue weighted by atomic mass is 16.3. The van der Waals surface area contributed by atoms with Crippen LogP contribution in [0.5, 0.6) is 0 Å². The van der Waals surface area contributed by atoms with Gasteiger partial charge in [-0.3, -0.25) is 0 Å². The van der Waals surface area contributed by atoms with Crippen molar-refractivity contribution in [2.24, 2.45) is 0 Å². The van der Waals surface area contributed by atoms with Crippen LogP contribution in [0.25, 0.3) is 55.0 Å². The van der Waals surface area contributed by atoms with E-state index in [2.05, 4.69) is 74.5 Å². The lowest BCUT2D eigenvalue weighted by Crippen LogP contribution is -1.83. The molecule has 2 aromatic heterocycles. The van der Waals surface area contributed by atoms with E-state index in [-0.39, 0.29) is 0 Å². The molecule has 2 heteroatoms. The standard InChI is InChI=1S/C26H18O2/c1-15-6-5-8-20-19-11-10-17(13-24(19)28-26(15)20)21-14-25-22(12-16(21)2)18-7-3-4-9-23(18)27-25/h3-14H,1-2H3. The molecule has 0 fully saturated rings. The van der Waals surface area contributed by atoms with Crippen molar-refractivity contribution in [2.75, 3.05) is 0 Å². The molecule has 0 amide bonds. The molecule has 28 heavy (non-hydrogen) atoms. The van der Waals surface area contributed by atoms with E-state index < -0.39 is 0 Å². The first-order valence-electron chi connectivity index (χ1n) is 9.53. The maximum atomic E-state index is 6.20. The predicted octanol–water partition coefficient (Wildman–Crippen LogP) is 7.77. The summed E-state index contributed by atoms with van der Waals surface area (Å²) in [5.41, 5.74) is 8.44. The first-order chi connectivity index (χ1) is 13.7. The van der Waals surface area contributed by atoms with E-state index in [4.69, 9.17) is 8.83 Å². The molecule has 0 radical (unpaired) electrons. The van der Waals surface area contributed by atoms with Crippen LogP contribution < -0.4 is 0 Å². The van der Waals surface area contributed by atoms with Crippen LogP contribution in [0, 0.1) is 13.8 Å². The van der Waals surface area contributed by atoms with Gasteiger partial charge in [0.05, 0.1) is 0 Å². The normalized spacial score (nSPS) is 11.9. The molecule has 0 atom stereocenters. The predicted molar refractivity (Wildman–Crippen MR) is 116 cm³/mol. The van der Waals surface area contributed by atoms with Crippen LogP contribution in [-0.2, 0) is 0 Å². The summed E-state index contributed by atoms with van der Waals surface area (Å²) < 4.78 is 12.3. The number of hydrogen-bond donors (Lipinski definition) is 0. The summed E-state index contributed by atoms with van der Waals surface area (Å²) in [4.78, 5) is 0. The molecule has 0 bridgehead atoms. The Kier molecular flexibility index (Phi) is 3.05. The number of hydrogen-bond acceptors (Lipinski definition) is 2. The van der Waals surface area contributed by atoms with Gasteiger partial charge in [-0.15, -0.1) is 0 Å². The number of rotatable bonds is 1. The van der Waals surface area contributed by atoms with Gasteiger partial charge in [0.25, 0.3) is 0 Å². The minimum Gasteiger partial charge on any atom is -0.456 e.